The first-order valence-electron chi connectivity index (χ1n) is 15.6. The highest BCUT2D eigenvalue weighted by Crippen LogP contribution is 2.55. The molecular formula is C39H47S+. The molecule has 0 nitrogen and oxygen atoms in total. The van der Waals surface area contributed by atoms with Crippen LogP contribution in [0.25, 0.3) is 11.1 Å². The maximum Gasteiger partial charge on any atom is 0.166 e. The molecule has 0 radical (unpaired) electrons. The van der Waals surface area contributed by atoms with E-state index in [0.717, 1.165) is 0 Å². The smallest absolute Gasteiger partial charge is 0.0654 e. The molecule has 40 heavy (non-hydrogen) atoms. The maximum absolute atomic E-state index is 2.64. The van der Waals surface area contributed by atoms with Crippen LogP contribution in [0, 0.1) is 20.8 Å². The van der Waals surface area contributed by atoms with Crippen LogP contribution in [0.15, 0.2) is 99.6 Å². The minimum Gasteiger partial charge on any atom is -0.0654 e. The molecule has 0 saturated carbocycles. The molecule has 0 aliphatic heterocycles. The molecule has 1 heteroatoms. The van der Waals surface area contributed by atoms with Gasteiger partial charge in [0.25, 0.3) is 0 Å². The number of unbranched alkanes of at least 4 members (excludes halogenated alkanes) is 5. The average molecular weight is 548 g/mol. The highest BCUT2D eigenvalue weighted by atomic mass is 32.2. The van der Waals surface area contributed by atoms with Crippen molar-refractivity contribution in [1.82, 2.24) is 0 Å². The lowest BCUT2D eigenvalue weighted by Crippen LogP contribution is -2.26. The molecule has 1 aliphatic carbocycles. The summed E-state index contributed by atoms with van der Waals surface area (Å²) >= 11 is 0. The monoisotopic (exact) mass is 547 g/mol. The quantitative estimate of drug-likeness (QED) is 0.122. The summed E-state index contributed by atoms with van der Waals surface area (Å²) in [5.74, 6) is 0. The molecule has 1 atom stereocenters. The Morgan fingerprint density at radius 3 is 1.50 bits per heavy atom. The van der Waals surface area contributed by atoms with Crippen molar-refractivity contribution in [2.24, 2.45) is 0 Å². The van der Waals surface area contributed by atoms with E-state index >= 15 is 0 Å². The number of benzene rings is 4. The summed E-state index contributed by atoms with van der Waals surface area (Å²) in [5.41, 5.74) is 10.3. The molecule has 5 rings (SSSR count). The lowest BCUT2D eigenvalue weighted by molar-refractivity contribution is 0.402. The Bertz CT molecular complexity index is 1370. The van der Waals surface area contributed by atoms with E-state index in [2.05, 4.69) is 120 Å². The van der Waals surface area contributed by atoms with E-state index in [4.69, 9.17) is 0 Å². The molecule has 208 valence electrons. The average Bonchev–Trinajstić information content (AvgIpc) is 3.22. The highest BCUT2D eigenvalue weighted by Gasteiger charge is 2.44. The Labute approximate surface area is 246 Å². The second-order valence-corrected chi connectivity index (χ2v) is 14.1. The maximum atomic E-state index is 2.64. The van der Waals surface area contributed by atoms with Crippen LogP contribution in [0.5, 0.6) is 0 Å². The van der Waals surface area contributed by atoms with E-state index in [1.807, 2.05) is 0 Å². The Morgan fingerprint density at radius 1 is 0.475 bits per heavy atom. The molecule has 0 spiro atoms. The van der Waals surface area contributed by atoms with Crippen LogP contribution in [0.2, 0.25) is 0 Å². The molecule has 0 saturated heterocycles. The predicted octanol–water partition coefficient (Wildman–Crippen LogP) is 11.5. The largest absolute Gasteiger partial charge is 0.166 e. The number of hydrogen-bond acceptors (Lipinski definition) is 0. The molecule has 0 fully saturated rings. The zero-order valence-corrected chi connectivity index (χ0v) is 26.2. The summed E-state index contributed by atoms with van der Waals surface area (Å²) in [6.07, 6.45) is 11.6. The van der Waals surface area contributed by atoms with Crippen LogP contribution in [-0.4, -0.2) is 0 Å². The van der Waals surface area contributed by atoms with Gasteiger partial charge in [-0.2, -0.15) is 0 Å². The zero-order valence-electron chi connectivity index (χ0n) is 25.4. The molecule has 0 N–H and O–H groups in total. The van der Waals surface area contributed by atoms with Gasteiger partial charge in [-0.25, -0.2) is 0 Å². The van der Waals surface area contributed by atoms with Gasteiger partial charge in [0.2, 0.25) is 0 Å². The highest BCUT2D eigenvalue weighted by molar-refractivity contribution is 7.97. The Morgan fingerprint density at radius 2 is 0.925 bits per heavy atom. The van der Waals surface area contributed by atoms with Gasteiger partial charge in [-0.05, 0) is 98.3 Å². The zero-order chi connectivity index (χ0) is 28.1. The summed E-state index contributed by atoms with van der Waals surface area (Å²) < 4.78 is 0. The van der Waals surface area contributed by atoms with E-state index in [-0.39, 0.29) is 16.3 Å². The SMILES string of the molecule is CCCCCCC1(CCCCC)c2cc(C)ccc2-c2ccc([S+](c3ccc(C)cc3)c3ccc(C)cc3)cc21. The van der Waals surface area contributed by atoms with E-state index in [1.54, 1.807) is 11.1 Å². The molecule has 4 aromatic carbocycles. The van der Waals surface area contributed by atoms with E-state index in [0.29, 0.717) is 0 Å². The first-order chi connectivity index (χ1) is 19.5. The Hall–Kier alpha value is -2.77. The normalized spacial score (nSPS) is 15.8. The third-order valence-corrected chi connectivity index (χ3v) is 11.1. The van der Waals surface area contributed by atoms with Gasteiger partial charge in [-0.15, -0.1) is 0 Å². The van der Waals surface area contributed by atoms with E-state index < -0.39 is 0 Å². The number of fused-ring (bicyclic) bond motifs is 3. The van der Waals surface area contributed by atoms with Crippen LogP contribution in [0.3, 0.4) is 0 Å². The van der Waals surface area contributed by atoms with Crippen LogP contribution < -0.4 is 0 Å². The second-order valence-electron chi connectivity index (χ2n) is 12.0. The summed E-state index contributed by atoms with van der Waals surface area (Å²) in [5, 5.41) is 0. The number of hydrogen-bond donors (Lipinski definition) is 0. The molecule has 1 aliphatic rings. The lowest BCUT2D eigenvalue weighted by Gasteiger charge is -2.33. The molecule has 4 aromatic rings. The van der Waals surface area contributed by atoms with Gasteiger partial charge in [0, 0.05) is 5.41 Å². The van der Waals surface area contributed by atoms with Gasteiger partial charge in [-0.3, -0.25) is 0 Å². The molecular weight excluding hydrogens is 500 g/mol. The summed E-state index contributed by atoms with van der Waals surface area (Å²) in [4.78, 5) is 4.25. The lowest BCUT2D eigenvalue weighted by atomic mass is 9.70. The minimum absolute atomic E-state index is 0.116. The molecule has 0 heterocycles. The Balaban J connectivity index is 1.68. The first-order valence-corrected chi connectivity index (χ1v) is 16.8. The Kier molecular flexibility index (Phi) is 9.21. The molecule has 0 aromatic heterocycles. The minimum atomic E-state index is -0.143. The van der Waals surface area contributed by atoms with Crippen LogP contribution in [-0.2, 0) is 16.3 Å². The van der Waals surface area contributed by atoms with Gasteiger partial charge in [-0.1, -0.05) is 118 Å². The van der Waals surface area contributed by atoms with Crippen LogP contribution >= 0.6 is 0 Å². The van der Waals surface area contributed by atoms with Crippen molar-refractivity contribution >= 4 is 10.9 Å². The second kappa shape index (κ2) is 12.8. The van der Waals surface area contributed by atoms with Gasteiger partial charge in [0.15, 0.2) is 14.7 Å². The van der Waals surface area contributed by atoms with E-state index in [1.165, 1.54) is 100 Å². The van der Waals surface area contributed by atoms with Crippen LogP contribution in [0.1, 0.15) is 99.5 Å². The predicted molar refractivity (Wildman–Crippen MR) is 175 cm³/mol. The van der Waals surface area contributed by atoms with Gasteiger partial charge in [0.1, 0.15) is 0 Å². The van der Waals surface area contributed by atoms with Crippen molar-refractivity contribution in [3.63, 3.8) is 0 Å². The van der Waals surface area contributed by atoms with Crippen LogP contribution in [0.4, 0.5) is 0 Å². The van der Waals surface area contributed by atoms with E-state index in [9.17, 15) is 0 Å². The first kappa shape index (κ1) is 28.7. The van der Waals surface area contributed by atoms with Crippen molar-refractivity contribution in [2.45, 2.75) is 113 Å². The fourth-order valence-electron chi connectivity index (χ4n) is 6.67. The summed E-state index contributed by atoms with van der Waals surface area (Å²) in [6, 6.07) is 33.3. The molecule has 1 unspecified atom stereocenters. The van der Waals surface area contributed by atoms with Crippen molar-refractivity contribution < 1.29 is 0 Å². The fourth-order valence-corrected chi connectivity index (χ4v) is 8.74. The summed E-state index contributed by atoms with van der Waals surface area (Å²) in [7, 11) is -0.143. The standard InChI is InChI=1S/C39H47S/c1-6-8-10-12-26-39(25-11-9-7-2)37-27-31(5)17-23-35(37)36-24-22-34(28-38(36)39)40(32-18-13-29(3)14-19-32)33-20-15-30(4)16-21-33/h13-24,27-28H,6-12,25-26H2,1-5H3/q+1. The molecule has 0 amide bonds. The number of aryl methyl sites for hydroxylation is 3. The van der Waals surface area contributed by atoms with Crippen molar-refractivity contribution in [1.29, 1.82) is 0 Å². The van der Waals surface area contributed by atoms with Crippen molar-refractivity contribution in [3.05, 3.63) is 113 Å². The number of rotatable bonds is 12. The fraction of sp³-hybridized carbons (Fsp3) is 0.385. The molecule has 0 bridgehead atoms. The van der Waals surface area contributed by atoms with Gasteiger partial charge < -0.3 is 0 Å². The van der Waals surface area contributed by atoms with Gasteiger partial charge in [0.05, 0.1) is 10.9 Å². The van der Waals surface area contributed by atoms with Gasteiger partial charge >= 0.3 is 0 Å². The topological polar surface area (TPSA) is 0 Å². The van der Waals surface area contributed by atoms with Crippen molar-refractivity contribution in [3.8, 4) is 11.1 Å². The van der Waals surface area contributed by atoms with Crippen molar-refractivity contribution in [2.75, 3.05) is 0 Å². The summed E-state index contributed by atoms with van der Waals surface area (Å²) in [6.45, 7) is 11.3. The third-order valence-electron chi connectivity index (χ3n) is 8.90. The third kappa shape index (κ3) is 5.82.